The quantitative estimate of drug-likeness (QED) is 0.488. The number of nitrogens with one attached hydrogen (secondary N) is 1. The van der Waals surface area contributed by atoms with Crippen molar-refractivity contribution in [1.29, 1.82) is 0 Å². The molecule has 0 aliphatic heterocycles. The van der Waals surface area contributed by atoms with Crippen LogP contribution in [-0.2, 0) is 6.61 Å². The predicted molar refractivity (Wildman–Crippen MR) is 115 cm³/mol. The van der Waals surface area contributed by atoms with Gasteiger partial charge >= 0.3 is 0 Å². The first-order chi connectivity index (χ1) is 13.4. The largest absolute Gasteiger partial charge is 0.493 e. The zero-order valence-electron chi connectivity index (χ0n) is 16.1. The van der Waals surface area contributed by atoms with E-state index < -0.39 is 0 Å². The number of benzene rings is 2. The number of aryl methyl sites for hydroxylation is 3. The van der Waals surface area contributed by atoms with Crippen LogP contribution in [0.1, 0.15) is 32.9 Å². The summed E-state index contributed by atoms with van der Waals surface area (Å²) in [5.74, 6) is 1.54. The third-order valence-corrected chi connectivity index (χ3v) is 5.09. The Labute approximate surface area is 177 Å². The lowest BCUT2D eigenvalue weighted by Gasteiger charge is -2.13. The van der Waals surface area contributed by atoms with Gasteiger partial charge < -0.3 is 19.3 Å². The minimum atomic E-state index is -0.208. The normalized spacial score (nSPS) is 10.6. The van der Waals surface area contributed by atoms with Gasteiger partial charge in [-0.05, 0) is 85.3 Å². The second-order valence-electron chi connectivity index (χ2n) is 6.37. The maximum absolute atomic E-state index is 12.6. The molecule has 2 aromatic carbocycles. The second-order valence-corrected chi connectivity index (χ2v) is 7.62. The lowest BCUT2D eigenvalue weighted by Crippen LogP contribution is -2.13. The number of hydrogen-bond donors (Lipinski definition) is 1. The Morgan fingerprint density at radius 2 is 1.93 bits per heavy atom. The van der Waals surface area contributed by atoms with Crippen molar-refractivity contribution >= 4 is 34.2 Å². The van der Waals surface area contributed by atoms with E-state index in [9.17, 15) is 4.79 Å². The molecule has 0 unspecified atom stereocenters. The highest BCUT2D eigenvalue weighted by atomic mass is 127. The third kappa shape index (κ3) is 4.46. The molecule has 1 amide bonds. The molecule has 1 heterocycles. The Hall–Kier alpha value is -2.55. The van der Waals surface area contributed by atoms with Crippen LogP contribution >= 0.6 is 22.6 Å². The number of aromatic nitrogens is 1. The molecule has 6 nitrogen and oxygen atoms in total. The van der Waals surface area contributed by atoms with E-state index >= 15 is 0 Å². The first-order valence-corrected chi connectivity index (χ1v) is 9.77. The van der Waals surface area contributed by atoms with Gasteiger partial charge in [0.1, 0.15) is 12.4 Å². The smallest absolute Gasteiger partial charge is 0.255 e. The summed E-state index contributed by atoms with van der Waals surface area (Å²) in [5.41, 5.74) is 3.97. The summed E-state index contributed by atoms with van der Waals surface area (Å²) in [6.45, 7) is 5.98. The summed E-state index contributed by atoms with van der Waals surface area (Å²) in [4.78, 5) is 12.6. The molecular formula is C21H21IN2O4. The minimum absolute atomic E-state index is 0.208. The average molecular weight is 492 g/mol. The molecule has 7 heteroatoms. The van der Waals surface area contributed by atoms with Gasteiger partial charge in [-0.25, -0.2) is 0 Å². The molecule has 0 aliphatic carbocycles. The number of amides is 1. The fourth-order valence-electron chi connectivity index (χ4n) is 2.75. The lowest BCUT2D eigenvalue weighted by molar-refractivity contribution is 0.102. The fraction of sp³-hybridized carbons (Fsp3) is 0.238. The van der Waals surface area contributed by atoms with Gasteiger partial charge in [-0.1, -0.05) is 5.16 Å². The number of rotatable bonds is 6. The van der Waals surface area contributed by atoms with Crippen LogP contribution in [0.4, 0.5) is 5.69 Å². The van der Waals surface area contributed by atoms with Crippen LogP contribution in [-0.4, -0.2) is 18.2 Å². The van der Waals surface area contributed by atoms with E-state index in [4.69, 9.17) is 14.0 Å². The van der Waals surface area contributed by atoms with Crippen molar-refractivity contribution in [2.24, 2.45) is 0 Å². The van der Waals surface area contributed by atoms with Crippen LogP contribution in [0.25, 0.3) is 0 Å². The van der Waals surface area contributed by atoms with Crippen LogP contribution in [0.5, 0.6) is 11.5 Å². The molecule has 1 N–H and O–H groups in total. The summed E-state index contributed by atoms with van der Waals surface area (Å²) in [5, 5.41) is 6.86. The highest BCUT2D eigenvalue weighted by Gasteiger charge is 2.15. The summed E-state index contributed by atoms with van der Waals surface area (Å²) in [6.07, 6.45) is 0. The van der Waals surface area contributed by atoms with Gasteiger partial charge in [0.25, 0.3) is 5.91 Å². The molecule has 3 aromatic rings. The monoisotopic (exact) mass is 492 g/mol. The maximum Gasteiger partial charge on any atom is 0.255 e. The molecule has 0 fully saturated rings. The van der Waals surface area contributed by atoms with Crippen LogP contribution in [0, 0.1) is 24.3 Å². The zero-order valence-corrected chi connectivity index (χ0v) is 18.3. The molecule has 0 atom stereocenters. The molecule has 1 aromatic heterocycles. The van der Waals surface area contributed by atoms with Gasteiger partial charge in [0, 0.05) is 14.8 Å². The third-order valence-electron chi connectivity index (χ3n) is 4.42. The van der Waals surface area contributed by atoms with E-state index in [-0.39, 0.29) is 5.91 Å². The zero-order chi connectivity index (χ0) is 20.3. The van der Waals surface area contributed by atoms with E-state index in [0.29, 0.717) is 23.7 Å². The van der Waals surface area contributed by atoms with Crippen LogP contribution in [0.15, 0.2) is 40.9 Å². The topological polar surface area (TPSA) is 73.6 Å². The average Bonchev–Trinajstić information content (AvgIpc) is 3.00. The summed E-state index contributed by atoms with van der Waals surface area (Å²) < 4.78 is 17.5. The van der Waals surface area contributed by atoms with Crippen molar-refractivity contribution in [2.45, 2.75) is 27.4 Å². The van der Waals surface area contributed by atoms with Gasteiger partial charge in [-0.3, -0.25) is 4.79 Å². The van der Waals surface area contributed by atoms with Crippen LogP contribution < -0.4 is 14.8 Å². The Bertz CT molecular complexity index is 994. The molecule has 0 radical (unpaired) electrons. The highest BCUT2D eigenvalue weighted by molar-refractivity contribution is 14.1. The molecular weight excluding hydrogens is 471 g/mol. The Kier molecular flexibility index (Phi) is 6.23. The van der Waals surface area contributed by atoms with Gasteiger partial charge in [0.15, 0.2) is 11.5 Å². The fourth-order valence-corrected chi connectivity index (χ4v) is 3.39. The first kappa shape index (κ1) is 20.2. The number of methoxy groups -OCH3 is 1. The minimum Gasteiger partial charge on any atom is -0.493 e. The van der Waals surface area contributed by atoms with Crippen molar-refractivity contribution < 1.29 is 18.8 Å². The number of anilines is 1. The molecule has 0 bridgehead atoms. The summed E-state index contributed by atoms with van der Waals surface area (Å²) in [6, 6.07) is 11.0. The Morgan fingerprint density at radius 1 is 1.14 bits per heavy atom. The molecule has 0 aliphatic rings. The van der Waals surface area contributed by atoms with Gasteiger partial charge in [-0.15, -0.1) is 0 Å². The predicted octanol–water partition coefficient (Wildman–Crippen LogP) is 5.04. The standard InChI is InChI=1S/C21H21IN2O4/c1-12-9-16(22)6-7-18(12)23-21(25)15-5-8-19(20(10-15)26-4)27-11-17-13(2)24-28-14(17)3/h5-10H,11H2,1-4H3,(H,23,25). The van der Waals surface area contributed by atoms with Crippen molar-refractivity contribution in [3.8, 4) is 11.5 Å². The molecule has 3 rings (SSSR count). The highest BCUT2D eigenvalue weighted by Crippen LogP contribution is 2.30. The number of carbonyl (C=O) groups is 1. The van der Waals surface area contributed by atoms with Crippen molar-refractivity contribution in [3.63, 3.8) is 0 Å². The number of ether oxygens (including phenoxy) is 2. The number of nitrogens with zero attached hydrogens (tertiary/aromatic N) is 1. The van der Waals surface area contributed by atoms with Gasteiger partial charge in [0.05, 0.1) is 18.4 Å². The Balaban J connectivity index is 1.75. The maximum atomic E-state index is 12.6. The van der Waals surface area contributed by atoms with Crippen LogP contribution in [0.3, 0.4) is 0 Å². The summed E-state index contributed by atoms with van der Waals surface area (Å²) >= 11 is 2.24. The number of carbonyl (C=O) groups excluding carboxylic acids is 1. The van der Waals surface area contributed by atoms with E-state index in [2.05, 4.69) is 33.1 Å². The van der Waals surface area contributed by atoms with E-state index in [1.807, 2.05) is 39.0 Å². The lowest BCUT2D eigenvalue weighted by atomic mass is 10.1. The Morgan fingerprint density at radius 3 is 2.57 bits per heavy atom. The van der Waals surface area contributed by atoms with E-state index in [1.165, 1.54) is 0 Å². The second kappa shape index (κ2) is 8.64. The SMILES string of the molecule is COc1cc(C(=O)Nc2ccc(I)cc2C)ccc1OCc1c(C)noc1C. The van der Waals surface area contributed by atoms with Crippen molar-refractivity contribution in [2.75, 3.05) is 12.4 Å². The molecule has 0 saturated carbocycles. The van der Waals surface area contributed by atoms with Crippen molar-refractivity contribution in [3.05, 3.63) is 68.1 Å². The number of hydrogen-bond acceptors (Lipinski definition) is 5. The van der Waals surface area contributed by atoms with Crippen LogP contribution in [0.2, 0.25) is 0 Å². The molecule has 28 heavy (non-hydrogen) atoms. The summed E-state index contributed by atoms with van der Waals surface area (Å²) in [7, 11) is 1.54. The molecule has 0 saturated heterocycles. The number of halogens is 1. The van der Waals surface area contributed by atoms with E-state index in [0.717, 1.165) is 31.8 Å². The van der Waals surface area contributed by atoms with Crippen molar-refractivity contribution in [1.82, 2.24) is 5.16 Å². The molecule has 0 spiro atoms. The van der Waals surface area contributed by atoms with Gasteiger partial charge in [0.2, 0.25) is 0 Å². The van der Waals surface area contributed by atoms with Gasteiger partial charge in [-0.2, -0.15) is 0 Å². The molecule has 146 valence electrons. The first-order valence-electron chi connectivity index (χ1n) is 8.69. The van der Waals surface area contributed by atoms with E-state index in [1.54, 1.807) is 25.3 Å².